The van der Waals surface area contributed by atoms with E-state index in [1.165, 1.54) is 25.7 Å². The quantitative estimate of drug-likeness (QED) is 0.582. The van der Waals surface area contributed by atoms with E-state index in [1.54, 1.807) is 0 Å². The van der Waals surface area contributed by atoms with Gasteiger partial charge in [0.1, 0.15) is 0 Å². The highest BCUT2D eigenvalue weighted by Gasteiger charge is 2.29. The van der Waals surface area contributed by atoms with E-state index in [1.807, 2.05) is 0 Å². The normalized spacial score (nSPS) is 43.0. The Hall–Kier alpha value is 0. The number of hydrogen-bond acceptors (Lipinski definition) is 0. The predicted octanol–water partition coefficient (Wildman–Crippen LogP) is 4.10. The lowest BCUT2D eigenvalue weighted by Crippen LogP contribution is -2.28. The first-order valence-corrected chi connectivity index (χ1v) is 5.65. The Bertz CT molecular complexity index is 116. The minimum absolute atomic E-state index is 0.975. The Kier molecular flexibility index (Phi) is 3.61. The molecule has 0 nitrogen and oxygen atoms in total. The molecule has 0 aromatic carbocycles. The summed E-state index contributed by atoms with van der Waals surface area (Å²) in [4.78, 5) is 0. The molecule has 0 saturated heterocycles. The van der Waals surface area contributed by atoms with Gasteiger partial charge in [-0.2, -0.15) is 0 Å². The number of hydrogen-bond donors (Lipinski definition) is 0. The van der Waals surface area contributed by atoms with Crippen molar-refractivity contribution in [3.8, 4) is 0 Å². The van der Waals surface area contributed by atoms with Gasteiger partial charge in [-0.15, -0.1) is 0 Å². The van der Waals surface area contributed by atoms with Crippen LogP contribution >= 0.6 is 0 Å². The maximum atomic E-state index is 2.45. The van der Waals surface area contributed by atoms with Gasteiger partial charge >= 0.3 is 0 Å². The largest absolute Gasteiger partial charge is 0.0654 e. The van der Waals surface area contributed by atoms with E-state index in [4.69, 9.17) is 0 Å². The number of rotatable bonds is 2. The molecule has 1 aliphatic rings. The molecule has 2 unspecified atom stereocenters. The van der Waals surface area contributed by atoms with Gasteiger partial charge in [-0.25, -0.2) is 0 Å². The van der Waals surface area contributed by atoms with Crippen LogP contribution in [0.4, 0.5) is 0 Å². The van der Waals surface area contributed by atoms with Crippen molar-refractivity contribution < 1.29 is 0 Å². The van der Waals surface area contributed by atoms with E-state index in [9.17, 15) is 0 Å². The third-order valence-electron chi connectivity index (χ3n) is 3.63. The van der Waals surface area contributed by atoms with Crippen LogP contribution in [0.15, 0.2) is 0 Å². The molecule has 0 aromatic heterocycles. The van der Waals surface area contributed by atoms with Crippen molar-refractivity contribution in [2.75, 3.05) is 0 Å². The Morgan fingerprint density at radius 3 is 1.92 bits per heavy atom. The molecule has 1 rings (SSSR count). The maximum absolute atomic E-state index is 2.45. The fraction of sp³-hybridized carbons (Fsp3) is 1.00. The van der Waals surface area contributed by atoms with E-state index in [0.717, 1.165) is 23.7 Å². The lowest BCUT2D eigenvalue weighted by atomic mass is 9.68. The zero-order chi connectivity index (χ0) is 9.14. The summed E-state index contributed by atoms with van der Waals surface area (Å²) in [5.74, 6) is 3.95. The van der Waals surface area contributed by atoms with E-state index in [0.29, 0.717) is 0 Å². The second-order valence-corrected chi connectivity index (χ2v) is 4.98. The first-order valence-electron chi connectivity index (χ1n) is 5.65. The Balaban J connectivity index is 2.48. The summed E-state index contributed by atoms with van der Waals surface area (Å²) in [6.07, 6.45) is 5.76. The van der Waals surface area contributed by atoms with Crippen LogP contribution in [0, 0.1) is 23.7 Å². The van der Waals surface area contributed by atoms with E-state index in [-0.39, 0.29) is 0 Å². The molecule has 0 heterocycles. The van der Waals surface area contributed by atoms with Crippen LogP contribution in [0.5, 0.6) is 0 Å². The van der Waals surface area contributed by atoms with Crippen LogP contribution in [0.25, 0.3) is 0 Å². The summed E-state index contributed by atoms with van der Waals surface area (Å²) in [6.45, 7) is 9.63. The van der Waals surface area contributed by atoms with Gasteiger partial charge in [-0.3, -0.25) is 0 Å². The summed E-state index contributed by atoms with van der Waals surface area (Å²) in [5.41, 5.74) is 0. The van der Waals surface area contributed by atoms with Gasteiger partial charge in [-0.1, -0.05) is 40.5 Å². The van der Waals surface area contributed by atoms with Crippen LogP contribution in [-0.4, -0.2) is 0 Å². The SMILES string of the molecule is CCCC1C(C)CC(C)CC1C. The molecule has 0 N–H and O–H groups in total. The second kappa shape index (κ2) is 4.30. The molecule has 0 aromatic rings. The third-order valence-corrected chi connectivity index (χ3v) is 3.63. The molecular weight excluding hydrogens is 144 g/mol. The summed E-state index contributed by atoms with van der Waals surface area (Å²) in [6, 6.07) is 0. The molecular formula is C12H24. The lowest BCUT2D eigenvalue weighted by Gasteiger charge is -2.38. The van der Waals surface area contributed by atoms with Gasteiger partial charge in [-0.05, 0) is 36.5 Å². The molecule has 1 saturated carbocycles. The highest BCUT2D eigenvalue weighted by atomic mass is 14.4. The van der Waals surface area contributed by atoms with Gasteiger partial charge in [0.25, 0.3) is 0 Å². The molecule has 0 radical (unpaired) electrons. The molecule has 72 valence electrons. The summed E-state index contributed by atoms with van der Waals surface area (Å²) in [5, 5.41) is 0. The van der Waals surface area contributed by atoms with Crippen molar-refractivity contribution in [3.05, 3.63) is 0 Å². The van der Waals surface area contributed by atoms with Crippen molar-refractivity contribution in [1.82, 2.24) is 0 Å². The predicted molar refractivity (Wildman–Crippen MR) is 55.1 cm³/mol. The highest BCUT2D eigenvalue weighted by molar-refractivity contribution is 4.80. The standard InChI is InChI=1S/C12H24/c1-5-6-12-10(3)7-9(2)8-11(12)4/h9-12H,5-8H2,1-4H3. The summed E-state index contributed by atoms with van der Waals surface area (Å²) < 4.78 is 0. The zero-order valence-electron chi connectivity index (χ0n) is 9.14. The van der Waals surface area contributed by atoms with Crippen LogP contribution in [-0.2, 0) is 0 Å². The van der Waals surface area contributed by atoms with Crippen molar-refractivity contribution >= 4 is 0 Å². The van der Waals surface area contributed by atoms with Gasteiger partial charge < -0.3 is 0 Å². The summed E-state index contributed by atoms with van der Waals surface area (Å²) in [7, 11) is 0. The monoisotopic (exact) mass is 168 g/mol. The minimum Gasteiger partial charge on any atom is -0.0654 e. The van der Waals surface area contributed by atoms with Crippen molar-refractivity contribution in [1.29, 1.82) is 0 Å². The summed E-state index contributed by atoms with van der Waals surface area (Å²) >= 11 is 0. The van der Waals surface area contributed by atoms with Gasteiger partial charge in [0.2, 0.25) is 0 Å². The van der Waals surface area contributed by atoms with Crippen LogP contribution < -0.4 is 0 Å². The van der Waals surface area contributed by atoms with Gasteiger partial charge in [0.15, 0.2) is 0 Å². The smallest absolute Gasteiger partial charge is 0.0363 e. The fourth-order valence-corrected chi connectivity index (χ4v) is 3.18. The zero-order valence-corrected chi connectivity index (χ0v) is 9.14. The van der Waals surface area contributed by atoms with Crippen LogP contribution in [0.3, 0.4) is 0 Å². The molecule has 0 bridgehead atoms. The molecule has 1 aliphatic carbocycles. The van der Waals surface area contributed by atoms with Crippen LogP contribution in [0.2, 0.25) is 0 Å². The van der Waals surface area contributed by atoms with E-state index in [2.05, 4.69) is 27.7 Å². The molecule has 2 atom stereocenters. The molecule has 0 heteroatoms. The average Bonchev–Trinajstić information content (AvgIpc) is 1.96. The first-order chi connectivity index (χ1) is 5.65. The van der Waals surface area contributed by atoms with E-state index < -0.39 is 0 Å². The maximum Gasteiger partial charge on any atom is -0.0363 e. The molecule has 0 spiro atoms. The average molecular weight is 168 g/mol. The molecule has 0 amide bonds. The Morgan fingerprint density at radius 2 is 1.50 bits per heavy atom. The topological polar surface area (TPSA) is 0 Å². The first kappa shape index (κ1) is 10.1. The second-order valence-electron chi connectivity index (χ2n) is 4.98. The lowest BCUT2D eigenvalue weighted by molar-refractivity contribution is 0.127. The van der Waals surface area contributed by atoms with Crippen molar-refractivity contribution in [2.24, 2.45) is 23.7 Å². The minimum atomic E-state index is 0.975. The van der Waals surface area contributed by atoms with Gasteiger partial charge in [0, 0.05) is 0 Å². The van der Waals surface area contributed by atoms with Gasteiger partial charge in [0.05, 0.1) is 0 Å². The van der Waals surface area contributed by atoms with E-state index >= 15 is 0 Å². The Morgan fingerprint density at radius 1 is 1.00 bits per heavy atom. The third kappa shape index (κ3) is 2.24. The molecule has 1 fully saturated rings. The molecule has 12 heavy (non-hydrogen) atoms. The fourth-order valence-electron chi connectivity index (χ4n) is 3.18. The highest BCUT2D eigenvalue weighted by Crippen LogP contribution is 2.39. The van der Waals surface area contributed by atoms with Crippen LogP contribution in [0.1, 0.15) is 53.4 Å². The molecule has 0 aliphatic heterocycles. The van der Waals surface area contributed by atoms with Crippen molar-refractivity contribution in [3.63, 3.8) is 0 Å². The van der Waals surface area contributed by atoms with Crippen molar-refractivity contribution in [2.45, 2.75) is 53.4 Å². The Labute approximate surface area is 77.7 Å².